The van der Waals surface area contributed by atoms with E-state index in [1.54, 1.807) is 0 Å². The monoisotopic (exact) mass is 264 g/mol. The number of rotatable bonds is 3. The van der Waals surface area contributed by atoms with Gasteiger partial charge in [-0.05, 0) is 0 Å². The van der Waals surface area contributed by atoms with Crippen LogP contribution < -0.4 is 0 Å². The lowest BCUT2D eigenvalue weighted by Crippen LogP contribution is -2.28. The quantitative estimate of drug-likeness (QED) is 0.688. The van der Waals surface area contributed by atoms with Crippen molar-refractivity contribution < 1.29 is 8.78 Å². The summed E-state index contributed by atoms with van der Waals surface area (Å²) in [4.78, 5) is 0. The van der Waals surface area contributed by atoms with Crippen LogP contribution in [0.2, 0.25) is 0 Å². The SMILES string of the molecule is CC(CBr)C(F)(F)CBr. The highest BCUT2D eigenvalue weighted by atomic mass is 79.9. The summed E-state index contributed by atoms with van der Waals surface area (Å²) in [5.41, 5.74) is 0. The normalized spacial score (nSPS) is 15.7. The Morgan fingerprint density at radius 3 is 2.00 bits per heavy atom. The lowest BCUT2D eigenvalue weighted by molar-refractivity contribution is -0.0163. The van der Waals surface area contributed by atoms with E-state index in [4.69, 9.17) is 0 Å². The Hall–Kier alpha value is 0.820. The molecule has 1 unspecified atom stereocenters. The van der Waals surface area contributed by atoms with E-state index in [-0.39, 0.29) is 5.33 Å². The van der Waals surface area contributed by atoms with Crippen LogP contribution in [-0.4, -0.2) is 16.6 Å². The second-order valence-electron chi connectivity index (χ2n) is 1.95. The Morgan fingerprint density at radius 1 is 1.44 bits per heavy atom. The molecule has 0 N–H and O–H groups in total. The maximum Gasteiger partial charge on any atom is 0.260 e. The van der Waals surface area contributed by atoms with E-state index < -0.39 is 11.8 Å². The van der Waals surface area contributed by atoms with Crippen LogP contribution in [0.15, 0.2) is 0 Å². The molecule has 0 heterocycles. The summed E-state index contributed by atoms with van der Waals surface area (Å²) in [5.74, 6) is -3.18. The summed E-state index contributed by atoms with van der Waals surface area (Å²) in [7, 11) is 0. The molecule has 0 aromatic carbocycles. The van der Waals surface area contributed by atoms with Gasteiger partial charge in [-0.25, -0.2) is 8.78 Å². The lowest BCUT2D eigenvalue weighted by atomic mass is 10.1. The highest BCUT2D eigenvalue weighted by Gasteiger charge is 2.33. The molecule has 0 amide bonds. The Bertz CT molecular complexity index is 85.0. The van der Waals surface area contributed by atoms with Gasteiger partial charge < -0.3 is 0 Å². The van der Waals surface area contributed by atoms with E-state index in [1.807, 2.05) is 0 Å². The number of hydrogen-bond acceptors (Lipinski definition) is 0. The van der Waals surface area contributed by atoms with Gasteiger partial charge in [0.1, 0.15) is 0 Å². The molecule has 0 aliphatic rings. The van der Waals surface area contributed by atoms with Gasteiger partial charge in [0.05, 0.1) is 5.33 Å². The van der Waals surface area contributed by atoms with Crippen molar-refractivity contribution in [2.75, 3.05) is 10.7 Å². The first kappa shape index (κ1) is 9.82. The maximum atomic E-state index is 12.5. The van der Waals surface area contributed by atoms with Crippen molar-refractivity contribution in [2.24, 2.45) is 5.92 Å². The van der Waals surface area contributed by atoms with E-state index >= 15 is 0 Å². The molecular weight excluding hydrogens is 258 g/mol. The highest BCUT2D eigenvalue weighted by molar-refractivity contribution is 9.09. The van der Waals surface area contributed by atoms with E-state index in [2.05, 4.69) is 31.9 Å². The molecule has 0 saturated carbocycles. The van der Waals surface area contributed by atoms with Crippen LogP contribution >= 0.6 is 31.9 Å². The van der Waals surface area contributed by atoms with Gasteiger partial charge in [-0.3, -0.25) is 0 Å². The molecule has 0 spiro atoms. The minimum atomic E-state index is -2.58. The standard InChI is InChI=1S/C5H8Br2F2/c1-4(2-6)5(8,9)3-7/h4H,2-3H2,1H3. The fraction of sp³-hybridized carbons (Fsp3) is 1.00. The van der Waals surface area contributed by atoms with Crippen LogP contribution in [0.1, 0.15) is 6.92 Å². The van der Waals surface area contributed by atoms with Crippen LogP contribution in [-0.2, 0) is 0 Å². The Balaban J connectivity index is 3.80. The van der Waals surface area contributed by atoms with Gasteiger partial charge in [-0.2, -0.15) is 0 Å². The molecule has 0 radical (unpaired) electrons. The predicted octanol–water partition coefficient (Wildman–Crippen LogP) is 3.05. The maximum absolute atomic E-state index is 12.5. The molecule has 4 heteroatoms. The van der Waals surface area contributed by atoms with Crippen LogP contribution in [0.25, 0.3) is 0 Å². The Labute approximate surface area is 70.3 Å². The molecule has 1 atom stereocenters. The highest BCUT2D eigenvalue weighted by Crippen LogP contribution is 2.27. The molecule has 0 aromatic heterocycles. The zero-order valence-corrected chi connectivity index (χ0v) is 8.18. The van der Waals surface area contributed by atoms with Crippen molar-refractivity contribution in [1.29, 1.82) is 0 Å². The van der Waals surface area contributed by atoms with Crippen molar-refractivity contribution in [2.45, 2.75) is 12.8 Å². The summed E-state index contributed by atoms with van der Waals surface area (Å²) in [6.07, 6.45) is 0. The minimum absolute atomic E-state index is 0.257. The van der Waals surface area contributed by atoms with Gasteiger partial charge in [0, 0.05) is 11.2 Å². The summed E-state index contributed by atoms with van der Waals surface area (Å²) < 4.78 is 24.9. The van der Waals surface area contributed by atoms with Crippen LogP contribution in [0.5, 0.6) is 0 Å². The summed E-state index contributed by atoms with van der Waals surface area (Å²) >= 11 is 5.73. The molecule has 56 valence electrons. The first-order valence-electron chi connectivity index (χ1n) is 2.54. The third kappa shape index (κ3) is 2.94. The fourth-order valence-corrected chi connectivity index (χ4v) is 1.27. The van der Waals surface area contributed by atoms with Crippen molar-refractivity contribution in [3.8, 4) is 0 Å². The Morgan fingerprint density at radius 2 is 1.89 bits per heavy atom. The van der Waals surface area contributed by atoms with Crippen molar-refractivity contribution >= 4 is 31.9 Å². The zero-order valence-electron chi connectivity index (χ0n) is 5.00. The molecule has 0 aromatic rings. The third-order valence-electron chi connectivity index (χ3n) is 1.13. The molecule has 0 saturated heterocycles. The second-order valence-corrected chi connectivity index (χ2v) is 3.16. The summed E-state index contributed by atoms with van der Waals surface area (Å²) in [5, 5.41) is 0.0817. The molecule has 0 fully saturated rings. The van der Waals surface area contributed by atoms with Crippen molar-refractivity contribution in [3.05, 3.63) is 0 Å². The number of halogens is 4. The van der Waals surface area contributed by atoms with Gasteiger partial charge in [0.25, 0.3) is 5.92 Å². The molecule has 0 aliphatic carbocycles. The molecule has 0 rings (SSSR count). The third-order valence-corrected chi connectivity index (χ3v) is 2.85. The first-order chi connectivity index (χ1) is 4.04. The number of hydrogen-bond donors (Lipinski definition) is 0. The fourth-order valence-electron chi connectivity index (χ4n) is 0.245. The van der Waals surface area contributed by atoms with Gasteiger partial charge in [-0.1, -0.05) is 38.8 Å². The van der Waals surface area contributed by atoms with E-state index in [0.29, 0.717) is 5.33 Å². The first-order valence-corrected chi connectivity index (χ1v) is 4.78. The molecule has 0 aliphatic heterocycles. The van der Waals surface area contributed by atoms with Crippen molar-refractivity contribution in [1.82, 2.24) is 0 Å². The zero-order chi connectivity index (χ0) is 7.49. The molecule has 9 heavy (non-hydrogen) atoms. The number of alkyl halides is 4. The van der Waals surface area contributed by atoms with Crippen molar-refractivity contribution in [3.63, 3.8) is 0 Å². The van der Waals surface area contributed by atoms with E-state index in [9.17, 15) is 8.78 Å². The average Bonchev–Trinajstić information content (AvgIpc) is 1.86. The van der Waals surface area contributed by atoms with Crippen LogP contribution in [0.3, 0.4) is 0 Å². The van der Waals surface area contributed by atoms with Gasteiger partial charge in [-0.15, -0.1) is 0 Å². The second kappa shape index (κ2) is 3.86. The lowest BCUT2D eigenvalue weighted by Gasteiger charge is -2.18. The van der Waals surface area contributed by atoms with Gasteiger partial charge >= 0.3 is 0 Å². The molecule has 0 nitrogen and oxygen atoms in total. The summed E-state index contributed by atoms with van der Waals surface area (Å²) in [6.45, 7) is 1.51. The smallest absolute Gasteiger partial charge is 0.206 e. The van der Waals surface area contributed by atoms with Gasteiger partial charge in [0.2, 0.25) is 0 Å². The largest absolute Gasteiger partial charge is 0.260 e. The predicted molar refractivity (Wildman–Crippen MR) is 41.7 cm³/mol. The van der Waals surface area contributed by atoms with Gasteiger partial charge in [0.15, 0.2) is 0 Å². The van der Waals surface area contributed by atoms with E-state index in [1.165, 1.54) is 6.92 Å². The average molecular weight is 266 g/mol. The Kier molecular flexibility index (Phi) is 4.21. The minimum Gasteiger partial charge on any atom is -0.206 e. The van der Waals surface area contributed by atoms with Crippen LogP contribution in [0, 0.1) is 5.92 Å². The molecule has 0 bridgehead atoms. The van der Waals surface area contributed by atoms with E-state index in [0.717, 1.165) is 0 Å². The summed E-state index contributed by atoms with van der Waals surface area (Å²) in [6, 6.07) is 0. The van der Waals surface area contributed by atoms with Crippen LogP contribution in [0.4, 0.5) is 8.78 Å². The molecular formula is C5H8Br2F2. The topological polar surface area (TPSA) is 0 Å².